The van der Waals surface area contributed by atoms with Crippen LogP contribution in [0.15, 0.2) is 35.3 Å². The molecule has 0 spiro atoms. The molecule has 1 aromatic carbocycles. The maximum Gasteiger partial charge on any atom is 0.191 e. The molecule has 0 radical (unpaired) electrons. The summed E-state index contributed by atoms with van der Waals surface area (Å²) in [5.41, 5.74) is 1.00. The van der Waals surface area contributed by atoms with Crippen LogP contribution in [0.2, 0.25) is 0 Å². The van der Waals surface area contributed by atoms with Crippen LogP contribution >= 0.6 is 24.0 Å². The standard InChI is InChI=1S/C17H25N3O2.HI/c1-3-18-17(20-14-7-5-6-8-14)19-12-13-9-10-15(21)16(11-13)22-4-2;/h5-6,9-11,14,21H,3-4,7-8,12H2,1-2H3,(H2,18,19,20);1H. The number of aromatic hydroxyl groups is 1. The first-order valence-electron chi connectivity index (χ1n) is 7.87. The third-order valence-corrected chi connectivity index (χ3v) is 3.44. The Bertz CT molecular complexity index is 539. The van der Waals surface area contributed by atoms with Crippen molar-refractivity contribution in [2.24, 2.45) is 4.99 Å². The van der Waals surface area contributed by atoms with E-state index in [4.69, 9.17) is 4.74 Å². The van der Waals surface area contributed by atoms with Crippen LogP contribution in [-0.4, -0.2) is 30.3 Å². The summed E-state index contributed by atoms with van der Waals surface area (Å²) < 4.78 is 5.40. The van der Waals surface area contributed by atoms with E-state index in [2.05, 4.69) is 34.7 Å². The van der Waals surface area contributed by atoms with Crippen LogP contribution in [0.1, 0.15) is 32.3 Å². The summed E-state index contributed by atoms with van der Waals surface area (Å²) in [6.07, 6.45) is 6.46. The summed E-state index contributed by atoms with van der Waals surface area (Å²) in [6.45, 7) is 5.84. The Hall–Kier alpha value is -1.44. The van der Waals surface area contributed by atoms with Crippen LogP contribution < -0.4 is 15.4 Å². The van der Waals surface area contributed by atoms with E-state index in [-0.39, 0.29) is 29.7 Å². The highest BCUT2D eigenvalue weighted by Gasteiger charge is 2.11. The van der Waals surface area contributed by atoms with Crippen molar-refractivity contribution in [2.45, 2.75) is 39.3 Å². The molecule has 3 N–H and O–H groups in total. The van der Waals surface area contributed by atoms with E-state index in [1.165, 1.54) is 0 Å². The van der Waals surface area contributed by atoms with Gasteiger partial charge in [-0.2, -0.15) is 0 Å². The fourth-order valence-electron chi connectivity index (χ4n) is 2.35. The molecule has 128 valence electrons. The molecule has 0 aromatic heterocycles. The summed E-state index contributed by atoms with van der Waals surface area (Å²) in [6, 6.07) is 5.78. The van der Waals surface area contributed by atoms with Crippen molar-refractivity contribution < 1.29 is 9.84 Å². The maximum atomic E-state index is 9.72. The van der Waals surface area contributed by atoms with Crippen molar-refractivity contribution >= 4 is 29.9 Å². The van der Waals surface area contributed by atoms with Gasteiger partial charge in [0.25, 0.3) is 0 Å². The van der Waals surface area contributed by atoms with Crippen molar-refractivity contribution in [2.75, 3.05) is 13.2 Å². The second-order valence-corrected chi connectivity index (χ2v) is 5.21. The monoisotopic (exact) mass is 431 g/mol. The van der Waals surface area contributed by atoms with E-state index < -0.39 is 0 Å². The van der Waals surface area contributed by atoms with Crippen LogP contribution in [0, 0.1) is 0 Å². The van der Waals surface area contributed by atoms with E-state index in [0.717, 1.165) is 30.9 Å². The number of halogens is 1. The quantitative estimate of drug-likeness (QED) is 0.280. The molecule has 0 amide bonds. The van der Waals surface area contributed by atoms with Gasteiger partial charge in [0.05, 0.1) is 13.2 Å². The molecule has 23 heavy (non-hydrogen) atoms. The molecule has 0 fully saturated rings. The molecule has 5 nitrogen and oxygen atoms in total. The Labute approximate surface area is 155 Å². The molecule has 1 aromatic rings. The summed E-state index contributed by atoms with van der Waals surface area (Å²) in [4.78, 5) is 4.61. The number of guanidine groups is 1. The third kappa shape index (κ3) is 6.29. The Morgan fingerprint density at radius 1 is 1.30 bits per heavy atom. The van der Waals surface area contributed by atoms with E-state index in [1.54, 1.807) is 6.07 Å². The predicted octanol–water partition coefficient (Wildman–Crippen LogP) is 3.18. The Morgan fingerprint density at radius 2 is 2.04 bits per heavy atom. The van der Waals surface area contributed by atoms with Crippen LogP contribution in [0.4, 0.5) is 0 Å². The zero-order valence-electron chi connectivity index (χ0n) is 13.7. The lowest BCUT2D eigenvalue weighted by Crippen LogP contribution is -2.42. The first-order valence-corrected chi connectivity index (χ1v) is 7.87. The number of aliphatic imine (C=N–C) groups is 1. The van der Waals surface area contributed by atoms with Gasteiger partial charge in [0.2, 0.25) is 0 Å². The topological polar surface area (TPSA) is 65.9 Å². The van der Waals surface area contributed by atoms with Gasteiger partial charge in [0.1, 0.15) is 0 Å². The second-order valence-electron chi connectivity index (χ2n) is 5.21. The molecule has 0 atom stereocenters. The van der Waals surface area contributed by atoms with Crippen LogP contribution in [-0.2, 0) is 6.54 Å². The molecule has 0 saturated carbocycles. The fraction of sp³-hybridized carbons (Fsp3) is 0.471. The van der Waals surface area contributed by atoms with Gasteiger partial charge in [0, 0.05) is 12.6 Å². The average molecular weight is 431 g/mol. The summed E-state index contributed by atoms with van der Waals surface area (Å²) >= 11 is 0. The summed E-state index contributed by atoms with van der Waals surface area (Å²) in [5, 5.41) is 16.4. The molecule has 0 heterocycles. The van der Waals surface area contributed by atoms with E-state index in [9.17, 15) is 5.11 Å². The van der Waals surface area contributed by atoms with Crippen molar-refractivity contribution in [1.82, 2.24) is 10.6 Å². The SMILES string of the molecule is CCNC(=NCc1ccc(O)c(OCC)c1)NC1CC=CC1.I. The number of hydrogen-bond acceptors (Lipinski definition) is 3. The highest BCUT2D eigenvalue weighted by Crippen LogP contribution is 2.27. The van der Waals surface area contributed by atoms with E-state index in [1.807, 2.05) is 19.1 Å². The molecule has 1 aliphatic carbocycles. The first-order chi connectivity index (χ1) is 10.7. The van der Waals surface area contributed by atoms with Gasteiger partial charge >= 0.3 is 0 Å². The average Bonchev–Trinajstić information content (AvgIpc) is 3.01. The number of benzene rings is 1. The predicted molar refractivity (Wildman–Crippen MR) is 105 cm³/mol. The molecule has 0 unspecified atom stereocenters. The lowest BCUT2D eigenvalue weighted by atomic mass is 10.2. The molecular formula is C17H26IN3O2. The van der Waals surface area contributed by atoms with E-state index >= 15 is 0 Å². The normalized spacial score (nSPS) is 14.4. The Kier molecular flexibility index (Phi) is 8.83. The molecular weight excluding hydrogens is 405 g/mol. The van der Waals surface area contributed by atoms with Gasteiger partial charge in [-0.3, -0.25) is 0 Å². The minimum Gasteiger partial charge on any atom is -0.504 e. The van der Waals surface area contributed by atoms with Gasteiger partial charge in [0.15, 0.2) is 17.5 Å². The smallest absolute Gasteiger partial charge is 0.191 e. The zero-order chi connectivity index (χ0) is 15.8. The Morgan fingerprint density at radius 3 is 2.70 bits per heavy atom. The number of ether oxygens (including phenoxy) is 1. The number of nitrogens with zero attached hydrogens (tertiary/aromatic N) is 1. The van der Waals surface area contributed by atoms with Gasteiger partial charge in [-0.15, -0.1) is 24.0 Å². The minimum atomic E-state index is 0. The van der Waals surface area contributed by atoms with Crippen LogP contribution in [0.5, 0.6) is 11.5 Å². The van der Waals surface area contributed by atoms with Gasteiger partial charge in [-0.05, 0) is 44.4 Å². The minimum absolute atomic E-state index is 0. The van der Waals surface area contributed by atoms with Gasteiger partial charge in [-0.25, -0.2) is 4.99 Å². The molecule has 0 bridgehead atoms. The number of phenols is 1. The Balaban J connectivity index is 0.00000264. The fourth-order valence-corrected chi connectivity index (χ4v) is 2.35. The summed E-state index contributed by atoms with van der Waals surface area (Å²) in [7, 11) is 0. The van der Waals surface area contributed by atoms with Gasteiger partial charge in [-0.1, -0.05) is 18.2 Å². The number of hydrogen-bond donors (Lipinski definition) is 3. The first kappa shape index (κ1) is 19.6. The van der Waals surface area contributed by atoms with Gasteiger partial charge < -0.3 is 20.5 Å². The van der Waals surface area contributed by atoms with Crippen molar-refractivity contribution in [3.63, 3.8) is 0 Å². The number of rotatable bonds is 6. The molecule has 0 saturated heterocycles. The second kappa shape index (κ2) is 10.4. The lowest BCUT2D eigenvalue weighted by molar-refractivity contribution is 0.318. The maximum absolute atomic E-state index is 9.72. The molecule has 1 aliphatic rings. The zero-order valence-corrected chi connectivity index (χ0v) is 16.0. The van der Waals surface area contributed by atoms with E-state index in [0.29, 0.717) is 24.9 Å². The van der Waals surface area contributed by atoms with Crippen molar-refractivity contribution in [1.29, 1.82) is 0 Å². The lowest BCUT2D eigenvalue weighted by Gasteiger charge is -2.16. The van der Waals surface area contributed by atoms with Crippen molar-refractivity contribution in [3.05, 3.63) is 35.9 Å². The summed E-state index contributed by atoms with van der Waals surface area (Å²) in [5.74, 6) is 1.49. The number of nitrogens with one attached hydrogen (secondary N) is 2. The highest BCUT2D eigenvalue weighted by atomic mass is 127. The third-order valence-electron chi connectivity index (χ3n) is 3.44. The number of phenolic OH excluding ortho intramolecular Hbond substituents is 1. The van der Waals surface area contributed by atoms with Crippen LogP contribution in [0.25, 0.3) is 0 Å². The van der Waals surface area contributed by atoms with Crippen molar-refractivity contribution in [3.8, 4) is 11.5 Å². The largest absolute Gasteiger partial charge is 0.504 e. The highest BCUT2D eigenvalue weighted by molar-refractivity contribution is 14.0. The molecule has 6 heteroatoms. The van der Waals surface area contributed by atoms with Crippen LogP contribution in [0.3, 0.4) is 0 Å². The molecule has 2 rings (SSSR count). The molecule has 0 aliphatic heterocycles.